The molecule has 10 nitrogen and oxygen atoms in total. The van der Waals surface area contributed by atoms with Crippen LogP contribution in [-0.4, -0.2) is 74.4 Å². The molecule has 0 radical (unpaired) electrons. The third-order valence-corrected chi connectivity index (χ3v) is 8.36. The molecular weight excluding hydrogens is 546 g/mol. The normalized spacial score (nSPS) is 19.4. The lowest BCUT2D eigenvalue weighted by molar-refractivity contribution is -0.129. The highest BCUT2D eigenvalue weighted by molar-refractivity contribution is 6.33. The Kier molecular flexibility index (Phi) is 7.65. The highest BCUT2D eigenvalue weighted by Gasteiger charge is 2.50. The van der Waals surface area contributed by atoms with Crippen LogP contribution in [0.25, 0.3) is 11.3 Å². The minimum absolute atomic E-state index is 0.168. The predicted molar refractivity (Wildman–Crippen MR) is 152 cm³/mol. The van der Waals surface area contributed by atoms with Crippen molar-refractivity contribution in [1.29, 1.82) is 0 Å². The van der Waals surface area contributed by atoms with Crippen LogP contribution in [0, 0.1) is 0 Å². The SMILES string of the molecule is O=C(NC(c1ccccc1)C1(O)CC1)[C@@H](CO)N1Cc2ccc(-c3nc(NC4CCOCC4)ncc3Cl)cc2C1=O. The summed E-state index contributed by atoms with van der Waals surface area (Å²) in [7, 11) is 0. The first-order valence-electron chi connectivity index (χ1n) is 13.9. The number of amides is 2. The number of rotatable bonds is 9. The Labute approximate surface area is 242 Å². The first-order chi connectivity index (χ1) is 19.9. The number of halogens is 1. The molecule has 1 aromatic heterocycles. The number of carbonyl (C=O) groups is 2. The molecule has 2 aliphatic heterocycles. The van der Waals surface area contributed by atoms with Crippen molar-refractivity contribution in [3.63, 3.8) is 0 Å². The molecule has 3 heterocycles. The van der Waals surface area contributed by atoms with Crippen LogP contribution >= 0.6 is 11.6 Å². The third kappa shape index (κ3) is 5.65. The number of nitrogens with zero attached hydrogens (tertiary/aromatic N) is 3. The van der Waals surface area contributed by atoms with Crippen LogP contribution in [0.5, 0.6) is 0 Å². The zero-order chi connectivity index (χ0) is 28.6. The largest absolute Gasteiger partial charge is 0.394 e. The van der Waals surface area contributed by atoms with Gasteiger partial charge in [0.1, 0.15) is 6.04 Å². The van der Waals surface area contributed by atoms with Crippen molar-refractivity contribution in [2.75, 3.05) is 25.1 Å². The fraction of sp³-hybridized carbons (Fsp3) is 0.400. The lowest BCUT2D eigenvalue weighted by Gasteiger charge is -2.30. The molecular formula is C30H32ClN5O5. The maximum absolute atomic E-state index is 13.6. The van der Waals surface area contributed by atoms with Crippen LogP contribution in [0.4, 0.5) is 5.95 Å². The Morgan fingerprint density at radius 1 is 1.17 bits per heavy atom. The molecule has 0 bridgehead atoms. The number of aliphatic hydroxyl groups is 2. The smallest absolute Gasteiger partial charge is 0.255 e. The molecule has 41 heavy (non-hydrogen) atoms. The zero-order valence-electron chi connectivity index (χ0n) is 22.4. The number of hydrogen-bond donors (Lipinski definition) is 4. The second-order valence-electron chi connectivity index (χ2n) is 10.9. The van der Waals surface area contributed by atoms with Gasteiger partial charge < -0.3 is 30.5 Å². The maximum atomic E-state index is 13.6. The number of benzene rings is 2. The summed E-state index contributed by atoms with van der Waals surface area (Å²) in [6, 6.07) is 13.1. The Bertz CT molecular complexity index is 1440. The van der Waals surface area contributed by atoms with Crippen LogP contribution < -0.4 is 10.6 Å². The summed E-state index contributed by atoms with van der Waals surface area (Å²) < 4.78 is 5.42. The van der Waals surface area contributed by atoms with Crippen molar-refractivity contribution in [2.45, 2.75) is 56.0 Å². The molecule has 0 spiro atoms. The minimum atomic E-state index is -1.12. The quantitative estimate of drug-likeness (QED) is 0.304. The number of nitrogens with one attached hydrogen (secondary N) is 2. The molecule has 1 saturated carbocycles. The molecule has 2 fully saturated rings. The molecule has 214 valence electrons. The highest BCUT2D eigenvalue weighted by atomic mass is 35.5. The zero-order valence-corrected chi connectivity index (χ0v) is 23.2. The molecule has 2 amide bonds. The van der Waals surface area contributed by atoms with Gasteiger partial charge in [0.25, 0.3) is 5.91 Å². The van der Waals surface area contributed by atoms with Crippen molar-refractivity contribution in [3.8, 4) is 11.3 Å². The van der Waals surface area contributed by atoms with Gasteiger partial charge in [0.05, 0.1) is 35.2 Å². The molecule has 1 unspecified atom stereocenters. The van der Waals surface area contributed by atoms with Crippen molar-refractivity contribution in [3.05, 3.63) is 76.4 Å². The summed E-state index contributed by atoms with van der Waals surface area (Å²) in [5, 5.41) is 27.7. The second-order valence-corrected chi connectivity index (χ2v) is 11.3. The van der Waals surface area contributed by atoms with Crippen LogP contribution in [-0.2, 0) is 16.1 Å². The fourth-order valence-electron chi connectivity index (χ4n) is 5.54. The first-order valence-corrected chi connectivity index (χ1v) is 14.2. The van der Waals surface area contributed by atoms with E-state index >= 15 is 0 Å². The van der Waals surface area contributed by atoms with E-state index in [0.717, 1.165) is 24.0 Å². The monoisotopic (exact) mass is 577 g/mol. The van der Waals surface area contributed by atoms with E-state index < -0.39 is 30.2 Å². The van der Waals surface area contributed by atoms with Crippen LogP contribution in [0.2, 0.25) is 5.02 Å². The molecule has 1 saturated heterocycles. The van der Waals surface area contributed by atoms with Gasteiger partial charge in [-0.1, -0.05) is 54.1 Å². The van der Waals surface area contributed by atoms with Crippen LogP contribution in [0.15, 0.2) is 54.7 Å². The van der Waals surface area contributed by atoms with E-state index in [0.29, 0.717) is 53.8 Å². The van der Waals surface area contributed by atoms with Gasteiger partial charge in [0.2, 0.25) is 11.9 Å². The molecule has 2 aromatic carbocycles. The number of aromatic nitrogens is 2. The third-order valence-electron chi connectivity index (χ3n) is 8.08. The van der Waals surface area contributed by atoms with Crippen molar-refractivity contribution < 1.29 is 24.5 Å². The topological polar surface area (TPSA) is 137 Å². The summed E-state index contributed by atoms with van der Waals surface area (Å²) >= 11 is 6.47. The summed E-state index contributed by atoms with van der Waals surface area (Å²) in [4.78, 5) is 37.3. The van der Waals surface area contributed by atoms with E-state index in [1.54, 1.807) is 6.07 Å². The van der Waals surface area contributed by atoms with E-state index in [9.17, 15) is 19.8 Å². The van der Waals surface area contributed by atoms with Gasteiger partial charge in [-0.25, -0.2) is 9.97 Å². The molecule has 3 aromatic rings. The van der Waals surface area contributed by atoms with Gasteiger partial charge in [0, 0.05) is 36.9 Å². The number of ether oxygens (including phenoxy) is 1. The number of fused-ring (bicyclic) bond motifs is 1. The number of carbonyl (C=O) groups excluding carboxylic acids is 2. The van der Waals surface area contributed by atoms with Crippen molar-refractivity contribution >= 4 is 29.4 Å². The summed E-state index contributed by atoms with van der Waals surface area (Å²) in [6.07, 6.45) is 4.37. The van der Waals surface area contributed by atoms with E-state index in [2.05, 4.69) is 20.6 Å². The lowest BCUT2D eigenvalue weighted by Crippen LogP contribution is -2.51. The molecule has 6 rings (SSSR count). The summed E-state index contributed by atoms with van der Waals surface area (Å²) in [5.41, 5.74) is 2.01. The van der Waals surface area contributed by atoms with Gasteiger partial charge in [-0.05, 0) is 42.9 Å². The molecule has 1 aliphatic carbocycles. The van der Waals surface area contributed by atoms with Gasteiger partial charge in [-0.2, -0.15) is 0 Å². The molecule has 3 aliphatic rings. The second kappa shape index (κ2) is 11.4. The first kappa shape index (κ1) is 27.6. The van der Waals surface area contributed by atoms with E-state index in [1.165, 1.54) is 11.1 Å². The Morgan fingerprint density at radius 2 is 1.93 bits per heavy atom. The lowest BCUT2D eigenvalue weighted by atomic mass is 9.99. The van der Waals surface area contributed by atoms with E-state index in [1.807, 2.05) is 42.5 Å². The molecule has 4 N–H and O–H groups in total. The van der Waals surface area contributed by atoms with Gasteiger partial charge in [0.15, 0.2) is 0 Å². The summed E-state index contributed by atoms with van der Waals surface area (Å²) in [5.74, 6) is -0.444. The van der Waals surface area contributed by atoms with Gasteiger partial charge >= 0.3 is 0 Å². The van der Waals surface area contributed by atoms with Crippen LogP contribution in [0.3, 0.4) is 0 Å². The predicted octanol–water partition coefficient (Wildman–Crippen LogP) is 3.09. The minimum Gasteiger partial charge on any atom is -0.394 e. The van der Waals surface area contributed by atoms with Crippen molar-refractivity contribution in [2.24, 2.45) is 0 Å². The van der Waals surface area contributed by atoms with Gasteiger partial charge in [-0.15, -0.1) is 0 Å². The van der Waals surface area contributed by atoms with Crippen LogP contribution in [0.1, 0.15) is 53.2 Å². The fourth-order valence-corrected chi connectivity index (χ4v) is 5.74. The average Bonchev–Trinajstić information content (AvgIpc) is 3.67. The van der Waals surface area contributed by atoms with E-state index in [4.69, 9.17) is 16.3 Å². The standard InChI is InChI=1S/C30H32ClN5O5/c31-23-15-32-29(33-21-8-12-41-13-9-21)34-25(23)19-6-7-20-16-36(28(39)22(20)14-19)24(17-37)27(38)35-26(30(40)10-11-30)18-4-2-1-3-5-18/h1-7,14-15,21,24,26,37,40H,8-13,16-17H2,(H,35,38)(H,32,33,34)/t24-,26?/m1/s1. The summed E-state index contributed by atoms with van der Waals surface area (Å²) in [6.45, 7) is 0.975. The van der Waals surface area contributed by atoms with E-state index in [-0.39, 0.29) is 18.5 Å². The Hall–Kier alpha value is -3.57. The average molecular weight is 578 g/mol. The maximum Gasteiger partial charge on any atom is 0.255 e. The van der Waals surface area contributed by atoms with Gasteiger partial charge in [-0.3, -0.25) is 9.59 Å². The Balaban J connectivity index is 1.20. The number of aliphatic hydroxyl groups excluding tert-OH is 1. The number of hydrogen-bond acceptors (Lipinski definition) is 8. The molecule has 2 atom stereocenters. The van der Waals surface area contributed by atoms with Crippen molar-refractivity contribution in [1.82, 2.24) is 20.2 Å². The molecule has 11 heteroatoms. The highest BCUT2D eigenvalue weighted by Crippen LogP contribution is 2.46. The Morgan fingerprint density at radius 3 is 2.63 bits per heavy atom. The number of anilines is 1.